The van der Waals surface area contributed by atoms with Crippen LogP contribution in [0, 0.1) is 5.92 Å². The van der Waals surface area contributed by atoms with Crippen molar-refractivity contribution in [3.63, 3.8) is 0 Å². The fourth-order valence-corrected chi connectivity index (χ4v) is 5.17. The molecule has 1 aromatic carbocycles. The number of hydroxylamine groups is 2. The number of rotatable bonds is 7. The van der Waals surface area contributed by atoms with Crippen molar-refractivity contribution < 1.29 is 9.63 Å². The summed E-state index contributed by atoms with van der Waals surface area (Å²) in [4.78, 5) is 23.9. The predicted octanol–water partition coefficient (Wildman–Crippen LogP) is 3.03. The van der Waals surface area contributed by atoms with Crippen molar-refractivity contribution in [3.8, 4) is 0 Å². The molecular formula is C24H36N4O2. The maximum absolute atomic E-state index is 13.5. The Morgan fingerprint density at radius 2 is 2.13 bits per heavy atom. The molecule has 0 radical (unpaired) electrons. The molecule has 0 fully saturated rings. The fourth-order valence-electron chi connectivity index (χ4n) is 5.17. The summed E-state index contributed by atoms with van der Waals surface area (Å²) in [5.74, 6) is 0.458. The normalized spacial score (nSPS) is 25.0. The van der Waals surface area contributed by atoms with Crippen molar-refractivity contribution in [3.05, 3.63) is 35.4 Å². The molecule has 0 bridgehead atoms. The number of benzene rings is 1. The minimum atomic E-state index is -0.181. The van der Waals surface area contributed by atoms with Crippen molar-refractivity contribution in [2.24, 2.45) is 5.92 Å². The standard InChI is InChI=1S/C24H36N4O2/c1-16(2)28(30-11-7-10-26(3)4)24(29)18-12-20-19-8-6-9-21-23(19)17(14-25-21)13-22(20)27(5)15-18/h6,8-9,12,16-18,22,25H,7,10-11,13-15H2,1-5H3/t17?,18-,22-/m1/s1. The largest absolute Gasteiger partial charge is 0.384 e. The predicted molar refractivity (Wildman–Crippen MR) is 121 cm³/mol. The van der Waals surface area contributed by atoms with Gasteiger partial charge in [-0.25, -0.2) is 5.06 Å². The van der Waals surface area contributed by atoms with Crippen LogP contribution in [0.3, 0.4) is 0 Å². The molecule has 6 nitrogen and oxygen atoms in total. The molecule has 30 heavy (non-hydrogen) atoms. The first-order chi connectivity index (χ1) is 14.4. The van der Waals surface area contributed by atoms with Gasteiger partial charge in [-0.1, -0.05) is 18.2 Å². The molecule has 0 spiro atoms. The molecule has 1 amide bonds. The number of hydrogen-bond donors (Lipinski definition) is 1. The number of hydrogen-bond acceptors (Lipinski definition) is 5. The van der Waals surface area contributed by atoms with Crippen LogP contribution in [0.25, 0.3) is 5.57 Å². The van der Waals surface area contributed by atoms with Crippen molar-refractivity contribution in [2.75, 3.05) is 52.7 Å². The molecule has 3 atom stereocenters. The van der Waals surface area contributed by atoms with Gasteiger partial charge < -0.3 is 10.2 Å². The van der Waals surface area contributed by atoms with E-state index in [1.807, 2.05) is 13.8 Å². The van der Waals surface area contributed by atoms with Crippen LogP contribution in [0.4, 0.5) is 5.69 Å². The number of amides is 1. The Kier molecular flexibility index (Phi) is 6.19. The Morgan fingerprint density at radius 3 is 2.87 bits per heavy atom. The lowest BCUT2D eigenvalue weighted by Gasteiger charge is -2.42. The number of anilines is 1. The molecule has 1 N–H and O–H groups in total. The zero-order chi connectivity index (χ0) is 21.4. The Balaban J connectivity index is 1.56. The monoisotopic (exact) mass is 412 g/mol. The van der Waals surface area contributed by atoms with Gasteiger partial charge >= 0.3 is 0 Å². The van der Waals surface area contributed by atoms with Gasteiger partial charge in [-0.05, 0) is 77.1 Å². The summed E-state index contributed by atoms with van der Waals surface area (Å²) in [5, 5.41) is 5.17. The average Bonchev–Trinajstić information content (AvgIpc) is 3.12. The highest BCUT2D eigenvalue weighted by molar-refractivity contribution is 5.87. The minimum absolute atomic E-state index is 0.0131. The number of likely N-dealkylation sites (N-methyl/N-ethyl adjacent to an activating group) is 1. The SMILES string of the molecule is CC(C)N(OCCCN(C)C)C(=O)[C@@H]1C=C2c3cccc4c3C(CN4)C[C@H]2N(C)C1. The summed E-state index contributed by atoms with van der Waals surface area (Å²) in [5.41, 5.74) is 5.35. The van der Waals surface area contributed by atoms with Gasteiger partial charge in [0, 0.05) is 30.7 Å². The molecule has 0 saturated carbocycles. The first-order valence-corrected chi connectivity index (χ1v) is 11.3. The number of nitrogens with zero attached hydrogens (tertiary/aromatic N) is 3. The van der Waals surface area contributed by atoms with E-state index in [9.17, 15) is 4.79 Å². The highest BCUT2D eigenvalue weighted by Crippen LogP contribution is 2.48. The van der Waals surface area contributed by atoms with Crippen LogP contribution in [-0.4, -0.2) is 80.2 Å². The van der Waals surface area contributed by atoms with Crippen molar-refractivity contribution >= 4 is 17.2 Å². The maximum Gasteiger partial charge on any atom is 0.254 e. The van der Waals surface area contributed by atoms with Gasteiger partial charge in [0.25, 0.3) is 5.91 Å². The topological polar surface area (TPSA) is 48.1 Å². The van der Waals surface area contributed by atoms with Crippen molar-refractivity contribution in [1.82, 2.24) is 14.9 Å². The third-order valence-electron chi connectivity index (χ3n) is 6.61. The smallest absolute Gasteiger partial charge is 0.254 e. The van der Waals surface area contributed by atoms with Crippen LogP contribution in [0.1, 0.15) is 43.7 Å². The molecule has 0 saturated heterocycles. The van der Waals surface area contributed by atoms with Gasteiger partial charge in [0.15, 0.2) is 0 Å². The zero-order valence-electron chi connectivity index (χ0n) is 19.0. The Bertz CT molecular complexity index is 819. The minimum Gasteiger partial charge on any atom is -0.384 e. The molecule has 3 aliphatic rings. The lowest BCUT2D eigenvalue weighted by Crippen LogP contribution is -2.49. The maximum atomic E-state index is 13.5. The Morgan fingerprint density at radius 1 is 1.33 bits per heavy atom. The lowest BCUT2D eigenvalue weighted by atomic mass is 9.74. The summed E-state index contributed by atoms with van der Waals surface area (Å²) in [7, 11) is 6.26. The van der Waals surface area contributed by atoms with Crippen LogP contribution >= 0.6 is 0 Å². The van der Waals surface area contributed by atoms with E-state index < -0.39 is 0 Å². The average molecular weight is 413 g/mol. The highest BCUT2D eigenvalue weighted by atomic mass is 16.7. The molecular weight excluding hydrogens is 376 g/mol. The van der Waals surface area contributed by atoms with E-state index in [0.717, 1.165) is 32.5 Å². The highest BCUT2D eigenvalue weighted by Gasteiger charge is 2.41. The van der Waals surface area contributed by atoms with Gasteiger partial charge in [-0.15, -0.1) is 0 Å². The summed E-state index contributed by atoms with van der Waals surface area (Å²) >= 11 is 0. The summed E-state index contributed by atoms with van der Waals surface area (Å²) < 4.78 is 0. The van der Waals surface area contributed by atoms with Gasteiger partial charge in [0.1, 0.15) is 0 Å². The third kappa shape index (κ3) is 4.01. The third-order valence-corrected chi connectivity index (χ3v) is 6.61. The van der Waals surface area contributed by atoms with E-state index in [0.29, 0.717) is 18.6 Å². The molecule has 164 valence electrons. The van der Waals surface area contributed by atoms with E-state index >= 15 is 0 Å². The van der Waals surface area contributed by atoms with Crippen LogP contribution in [0.15, 0.2) is 24.3 Å². The number of carbonyl (C=O) groups is 1. The van der Waals surface area contributed by atoms with E-state index in [1.165, 1.54) is 22.4 Å². The van der Waals surface area contributed by atoms with Crippen molar-refractivity contribution in [1.29, 1.82) is 0 Å². The number of nitrogens with one attached hydrogen (secondary N) is 1. The molecule has 2 heterocycles. The summed E-state index contributed by atoms with van der Waals surface area (Å²) in [6.07, 6.45) is 4.26. The van der Waals surface area contributed by atoms with Crippen LogP contribution in [-0.2, 0) is 9.63 Å². The number of carbonyl (C=O) groups excluding carboxylic acids is 1. The molecule has 1 aliphatic carbocycles. The van der Waals surface area contributed by atoms with Crippen LogP contribution in [0.2, 0.25) is 0 Å². The second-order valence-electron chi connectivity index (χ2n) is 9.51. The van der Waals surface area contributed by atoms with Crippen LogP contribution in [0.5, 0.6) is 0 Å². The summed E-state index contributed by atoms with van der Waals surface area (Å²) in [6.45, 7) is 7.32. The van der Waals surface area contributed by atoms with E-state index in [2.05, 4.69) is 60.5 Å². The van der Waals surface area contributed by atoms with E-state index in [4.69, 9.17) is 4.84 Å². The molecule has 0 aromatic heterocycles. The number of fused-ring (bicyclic) bond motifs is 2. The van der Waals surface area contributed by atoms with Gasteiger partial charge in [-0.2, -0.15) is 0 Å². The second-order valence-corrected chi connectivity index (χ2v) is 9.51. The van der Waals surface area contributed by atoms with E-state index in [1.54, 1.807) is 5.06 Å². The van der Waals surface area contributed by atoms with Gasteiger partial charge in [0.2, 0.25) is 0 Å². The zero-order valence-corrected chi connectivity index (χ0v) is 19.0. The van der Waals surface area contributed by atoms with Gasteiger partial charge in [-0.3, -0.25) is 14.5 Å². The van der Waals surface area contributed by atoms with Crippen LogP contribution < -0.4 is 5.32 Å². The first kappa shape index (κ1) is 21.3. The van der Waals surface area contributed by atoms with Crippen molar-refractivity contribution in [2.45, 2.75) is 44.7 Å². The molecule has 1 unspecified atom stereocenters. The van der Waals surface area contributed by atoms with Gasteiger partial charge in [0.05, 0.1) is 18.6 Å². The quantitative estimate of drug-likeness (QED) is 0.551. The molecule has 6 heteroatoms. The molecule has 2 aliphatic heterocycles. The fraction of sp³-hybridized carbons (Fsp3) is 0.625. The lowest BCUT2D eigenvalue weighted by molar-refractivity contribution is -0.200. The van der Waals surface area contributed by atoms with E-state index in [-0.39, 0.29) is 17.9 Å². The molecule has 1 aromatic rings. The second kappa shape index (κ2) is 8.69. The molecule has 4 rings (SSSR count). The first-order valence-electron chi connectivity index (χ1n) is 11.3. The summed E-state index contributed by atoms with van der Waals surface area (Å²) in [6, 6.07) is 6.94. The Labute approximate surface area is 180 Å². The Hall–Kier alpha value is -1.89.